The van der Waals surface area contributed by atoms with E-state index in [-0.39, 0.29) is 17.2 Å². The predicted octanol–water partition coefficient (Wildman–Crippen LogP) is 4.41. The van der Waals surface area contributed by atoms with E-state index in [4.69, 9.17) is 14.0 Å². The highest BCUT2D eigenvalue weighted by Gasteiger charge is 2.49. The topological polar surface area (TPSA) is 102 Å². The molecular formula is C25H24N2O6. The van der Waals surface area contributed by atoms with Gasteiger partial charge >= 0.3 is 5.91 Å². The molecule has 8 heteroatoms. The molecule has 1 aromatic heterocycles. The summed E-state index contributed by atoms with van der Waals surface area (Å²) in [6.07, 6.45) is 0.867. The van der Waals surface area contributed by atoms with Gasteiger partial charge < -0.3 is 19.1 Å². The van der Waals surface area contributed by atoms with Crippen LogP contribution < -0.4 is 14.4 Å². The highest BCUT2D eigenvalue weighted by atomic mass is 16.5. The molecule has 3 aromatic rings. The van der Waals surface area contributed by atoms with E-state index >= 15 is 0 Å². The summed E-state index contributed by atoms with van der Waals surface area (Å²) in [5.74, 6) is -0.175. The number of aliphatic hydroxyl groups is 1. The zero-order valence-electron chi connectivity index (χ0n) is 18.6. The SMILES string of the molecule is CCCOc1ccc(C(O)=C2C(=O)C(=O)N(c3cc(C)on3)[C@@H]2c2ccccc2OC)cc1. The summed E-state index contributed by atoms with van der Waals surface area (Å²) >= 11 is 0. The Hall–Kier alpha value is -4.07. The van der Waals surface area contributed by atoms with Gasteiger partial charge in [0.2, 0.25) is 0 Å². The van der Waals surface area contributed by atoms with Crippen LogP contribution in [0.4, 0.5) is 5.82 Å². The number of Topliss-reactive ketones (excluding diaryl/α,β-unsaturated/α-hetero) is 1. The number of hydrogen-bond acceptors (Lipinski definition) is 7. The van der Waals surface area contributed by atoms with Crippen molar-refractivity contribution in [1.29, 1.82) is 0 Å². The molecule has 170 valence electrons. The molecule has 1 saturated heterocycles. The number of amides is 1. The Bertz CT molecular complexity index is 1210. The summed E-state index contributed by atoms with van der Waals surface area (Å²) in [5, 5.41) is 15.1. The second-order valence-corrected chi connectivity index (χ2v) is 7.58. The summed E-state index contributed by atoms with van der Waals surface area (Å²) in [4.78, 5) is 27.5. The van der Waals surface area contributed by atoms with Gasteiger partial charge in [-0.3, -0.25) is 14.5 Å². The molecule has 1 aliphatic heterocycles. The number of hydrogen-bond donors (Lipinski definition) is 1. The van der Waals surface area contributed by atoms with Crippen LogP contribution >= 0.6 is 0 Å². The first-order chi connectivity index (χ1) is 16.0. The van der Waals surface area contributed by atoms with Crippen LogP contribution in [-0.2, 0) is 9.59 Å². The number of carbonyl (C=O) groups excluding carboxylic acids is 2. The fourth-order valence-electron chi connectivity index (χ4n) is 3.81. The van der Waals surface area contributed by atoms with E-state index in [1.165, 1.54) is 12.0 Å². The van der Waals surface area contributed by atoms with Crippen LogP contribution in [0.2, 0.25) is 0 Å². The Morgan fingerprint density at radius 1 is 1.15 bits per heavy atom. The van der Waals surface area contributed by atoms with E-state index in [0.29, 0.717) is 35.0 Å². The number of carbonyl (C=O) groups is 2. The molecule has 0 saturated carbocycles. The number of nitrogens with zero attached hydrogens (tertiary/aromatic N) is 2. The van der Waals surface area contributed by atoms with Gasteiger partial charge in [0.25, 0.3) is 5.78 Å². The lowest BCUT2D eigenvalue weighted by molar-refractivity contribution is -0.132. The Morgan fingerprint density at radius 3 is 2.52 bits per heavy atom. The van der Waals surface area contributed by atoms with Crippen molar-refractivity contribution in [2.24, 2.45) is 0 Å². The predicted molar refractivity (Wildman–Crippen MR) is 121 cm³/mol. The van der Waals surface area contributed by atoms with Gasteiger partial charge in [0, 0.05) is 17.2 Å². The van der Waals surface area contributed by atoms with Gasteiger partial charge in [-0.25, -0.2) is 0 Å². The molecule has 2 heterocycles. The Kier molecular flexibility index (Phi) is 6.17. The van der Waals surface area contributed by atoms with Crippen LogP contribution in [0.25, 0.3) is 5.76 Å². The summed E-state index contributed by atoms with van der Waals surface area (Å²) in [5.41, 5.74) is 0.852. The van der Waals surface area contributed by atoms with Crippen molar-refractivity contribution in [3.05, 3.63) is 77.1 Å². The molecule has 2 aromatic carbocycles. The normalized spacial score (nSPS) is 17.4. The molecule has 4 rings (SSSR count). The molecular weight excluding hydrogens is 424 g/mol. The number of benzene rings is 2. The minimum Gasteiger partial charge on any atom is -0.507 e. The van der Waals surface area contributed by atoms with Crippen LogP contribution in [0.1, 0.15) is 36.3 Å². The average molecular weight is 448 g/mol. The average Bonchev–Trinajstić information content (AvgIpc) is 3.37. The summed E-state index contributed by atoms with van der Waals surface area (Å²) in [6, 6.07) is 14.3. The summed E-state index contributed by atoms with van der Waals surface area (Å²) < 4.78 is 16.2. The first kappa shape index (κ1) is 22.1. The van der Waals surface area contributed by atoms with Gasteiger partial charge in [0.1, 0.15) is 29.1 Å². The van der Waals surface area contributed by atoms with Gasteiger partial charge in [-0.1, -0.05) is 30.3 Å². The molecule has 1 aliphatic rings. The third kappa shape index (κ3) is 4.07. The molecule has 0 aliphatic carbocycles. The third-order valence-electron chi connectivity index (χ3n) is 5.34. The Morgan fingerprint density at radius 2 is 1.88 bits per heavy atom. The Labute approximate surface area is 191 Å². The second kappa shape index (κ2) is 9.20. The second-order valence-electron chi connectivity index (χ2n) is 7.58. The number of rotatable bonds is 7. The fourth-order valence-corrected chi connectivity index (χ4v) is 3.81. The maximum Gasteiger partial charge on any atom is 0.301 e. The number of methoxy groups -OCH3 is 1. The fraction of sp³-hybridized carbons (Fsp3) is 0.240. The van der Waals surface area contributed by atoms with E-state index in [1.807, 2.05) is 6.92 Å². The van der Waals surface area contributed by atoms with Gasteiger partial charge in [0.05, 0.1) is 19.3 Å². The zero-order chi connectivity index (χ0) is 23.5. The smallest absolute Gasteiger partial charge is 0.301 e. The van der Waals surface area contributed by atoms with E-state index in [1.54, 1.807) is 61.5 Å². The van der Waals surface area contributed by atoms with E-state index in [2.05, 4.69) is 5.16 Å². The quantitative estimate of drug-likeness (QED) is 0.325. The Balaban J connectivity index is 1.87. The molecule has 0 bridgehead atoms. The first-order valence-electron chi connectivity index (χ1n) is 10.6. The molecule has 1 N–H and O–H groups in total. The molecule has 1 fully saturated rings. The van der Waals surface area contributed by atoms with Crippen molar-refractivity contribution < 1.29 is 28.7 Å². The number of ketones is 1. The van der Waals surface area contributed by atoms with Crippen molar-refractivity contribution in [3.8, 4) is 11.5 Å². The first-order valence-corrected chi connectivity index (χ1v) is 10.6. The third-order valence-corrected chi connectivity index (χ3v) is 5.34. The molecule has 33 heavy (non-hydrogen) atoms. The number of para-hydroxylation sites is 1. The van der Waals surface area contributed by atoms with Crippen LogP contribution in [0.15, 0.2) is 64.7 Å². The standard InChI is InChI=1S/C25H24N2O6/c1-4-13-32-17-11-9-16(10-12-17)23(28)21-22(18-7-5-6-8-19(18)31-3)27(25(30)24(21)29)20-14-15(2)33-26-20/h5-12,14,22,28H,4,13H2,1-3H3/t22-/m1/s1. The highest BCUT2D eigenvalue weighted by Crippen LogP contribution is 2.44. The number of aliphatic hydroxyl groups excluding tert-OH is 1. The van der Waals surface area contributed by atoms with Crippen molar-refractivity contribution in [2.75, 3.05) is 18.6 Å². The molecule has 0 unspecified atom stereocenters. The lowest BCUT2D eigenvalue weighted by atomic mass is 9.94. The number of ether oxygens (including phenoxy) is 2. The van der Waals surface area contributed by atoms with Crippen molar-refractivity contribution in [3.63, 3.8) is 0 Å². The number of aryl methyl sites for hydroxylation is 1. The van der Waals surface area contributed by atoms with Crippen LogP contribution in [-0.4, -0.2) is 35.7 Å². The maximum absolute atomic E-state index is 13.2. The van der Waals surface area contributed by atoms with Gasteiger partial charge in [-0.2, -0.15) is 0 Å². The van der Waals surface area contributed by atoms with Crippen LogP contribution in [0.5, 0.6) is 11.5 Å². The monoisotopic (exact) mass is 448 g/mol. The summed E-state index contributed by atoms with van der Waals surface area (Å²) in [6.45, 7) is 4.27. The van der Waals surface area contributed by atoms with E-state index < -0.39 is 17.7 Å². The minimum atomic E-state index is -0.957. The van der Waals surface area contributed by atoms with Crippen LogP contribution in [0, 0.1) is 6.92 Å². The number of anilines is 1. The largest absolute Gasteiger partial charge is 0.507 e. The maximum atomic E-state index is 13.2. The van der Waals surface area contributed by atoms with Gasteiger partial charge in [0.15, 0.2) is 5.82 Å². The number of aromatic nitrogens is 1. The van der Waals surface area contributed by atoms with E-state index in [0.717, 1.165) is 6.42 Å². The minimum absolute atomic E-state index is 0.0626. The van der Waals surface area contributed by atoms with E-state index in [9.17, 15) is 14.7 Å². The van der Waals surface area contributed by atoms with Gasteiger partial charge in [-0.15, -0.1) is 0 Å². The molecule has 8 nitrogen and oxygen atoms in total. The lowest BCUT2D eigenvalue weighted by Gasteiger charge is -2.24. The van der Waals surface area contributed by atoms with Crippen molar-refractivity contribution in [2.45, 2.75) is 26.3 Å². The molecule has 1 amide bonds. The molecule has 0 radical (unpaired) electrons. The zero-order valence-corrected chi connectivity index (χ0v) is 18.6. The van der Waals surface area contributed by atoms with Crippen molar-refractivity contribution in [1.82, 2.24) is 5.16 Å². The van der Waals surface area contributed by atoms with Crippen LogP contribution in [0.3, 0.4) is 0 Å². The van der Waals surface area contributed by atoms with Gasteiger partial charge in [-0.05, 0) is 43.7 Å². The lowest BCUT2D eigenvalue weighted by Crippen LogP contribution is -2.29. The molecule has 0 spiro atoms. The van der Waals surface area contributed by atoms with Crippen molar-refractivity contribution >= 4 is 23.3 Å². The molecule has 1 atom stereocenters. The summed E-state index contributed by atoms with van der Waals surface area (Å²) in [7, 11) is 1.50. The highest BCUT2D eigenvalue weighted by molar-refractivity contribution is 6.51.